The van der Waals surface area contributed by atoms with Crippen LogP contribution in [0.5, 0.6) is 23.0 Å². The summed E-state index contributed by atoms with van der Waals surface area (Å²) in [5, 5.41) is 62.1. The molecule has 4 aliphatic heterocycles. The highest BCUT2D eigenvalue weighted by Gasteiger charge is 2.51. The van der Waals surface area contributed by atoms with E-state index in [1.54, 1.807) is 34.8 Å². The van der Waals surface area contributed by atoms with Crippen LogP contribution in [0.25, 0.3) is 0 Å². The van der Waals surface area contributed by atoms with E-state index in [2.05, 4.69) is 54.2 Å². The maximum atomic E-state index is 13.3. The second-order valence-corrected chi connectivity index (χ2v) is 23.4. The zero-order valence-electron chi connectivity index (χ0n) is 41.1. The van der Waals surface area contributed by atoms with Crippen LogP contribution in [0.1, 0.15) is 125 Å². The van der Waals surface area contributed by atoms with Gasteiger partial charge in [-0.15, -0.1) is 0 Å². The first-order valence-corrected chi connectivity index (χ1v) is 28.0. The SMILES string of the molecule is CO[C@H](CO)CC[C@H]1CCC2(CCCC2)C[C@@]12CC#C[C@H]1NC(N)=N[C@H](C(C)C)CSSC[C@H]1[C@H]1Cc3c4cc(c(c3O[C@@H]1O)OCN2)CC#Cc1c(ccc(O)c1OCO)CCC(=O)C[C@H](O)CC4. The lowest BCUT2D eigenvalue weighted by molar-refractivity contribution is -0.121. The summed E-state index contributed by atoms with van der Waals surface area (Å²) in [7, 11) is 5.17. The summed E-state index contributed by atoms with van der Waals surface area (Å²) >= 11 is 0. The molecule has 0 radical (unpaired) electrons. The fourth-order valence-electron chi connectivity index (χ4n) is 12.1. The fraction of sp³-hybridized carbons (Fsp3) is 0.667. The number of nitrogens with zero attached hydrogens (tertiary/aromatic N) is 1. The quantitative estimate of drug-likeness (QED) is 0.0876. The molecule has 4 heterocycles. The second kappa shape index (κ2) is 23.8. The van der Waals surface area contributed by atoms with E-state index < -0.39 is 36.7 Å². The number of Topliss-reactive ketones (excluding diaryl/α,β-unsaturated/α-hetero) is 1. The molecule has 0 amide bonds. The summed E-state index contributed by atoms with van der Waals surface area (Å²) in [6.45, 7) is 3.68. The van der Waals surface area contributed by atoms with Gasteiger partial charge in [-0.25, -0.2) is 4.99 Å². The van der Waals surface area contributed by atoms with Crippen molar-refractivity contribution in [3.8, 4) is 46.7 Å². The summed E-state index contributed by atoms with van der Waals surface area (Å²) < 4.78 is 25.0. The average Bonchev–Trinajstić information content (AvgIpc) is 3.78. The number of rotatable bonds is 8. The highest BCUT2D eigenvalue weighted by molar-refractivity contribution is 8.76. The van der Waals surface area contributed by atoms with Crippen molar-refractivity contribution in [2.75, 3.05) is 38.7 Å². The Morgan fingerprint density at radius 1 is 0.986 bits per heavy atom. The van der Waals surface area contributed by atoms with Gasteiger partial charge in [-0.2, -0.15) is 0 Å². The van der Waals surface area contributed by atoms with E-state index in [4.69, 9.17) is 29.7 Å². The number of ketones is 1. The number of aliphatic imine (C=N–C) groups is 1. The average molecular weight is 1000 g/mol. The highest BCUT2D eigenvalue weighted by atomic mass is 33.1. The van der Waals surface area contributed by atoms with Gasteiger partial charge in [0.05, 0.1) is 36.5 Å². The van der Waals surface area contributed by atoms with Crippen molar-refractivity contribution in [2.24, 2.45) is 39.8 Å². The van der Waals surface area contributed by atoms with Gasteiger partial charge in [0.25, 0.3) is 0 Å². The summed E-state index contributed by atoms with van der Waals surface area (Å²) in [5.41, 5.74) is 10.0. The fourth-order valence-corrected chi connectivity index (χ4v) is 14.9. The number of carbonyl (C=O) groups is 1. The minimum absolute atomic E-state index is 0.0122. The van der Waals surface area contributed by atoms with Crippen molar-refractivity contribution < 1.29 is 49.3 Å². The van der Waals surface area contributed by atoms with Crippen LogP contribution >= 0.6 is 21.6 Å². The highest BCUT2D eigenvalue weighted by Crippen LogP contribution is 2.56. The number of carbonyl (C=O) groups excluding carboxylic acids is 1. The molecular formula is C54H74N4O10S2. The molecule has 2 aromatic rings. The van der Waals surface area contributed by atoms with Crippen molar-refractivity contribution in [3.05, 3.63) is 46.0 Å². The van der Waals surface area contributed by atoms with Crippen LogP contribution in [0, 0.1) is 52.8 Å². The molecule has 14 nitrogen and oxygen atoms in total. The van der Waals surface area contributed by atoms with E-state index in [-0.39, 0.29) is 85.2 Å². The lowest BCUT2D eigenvalue weighted by Gasteiger charge is -2.52. The first kappa shape index (κ1) is 52.5. The first-order valence-electron chi connectivity index (χ1n) is 25.5. The van der Waals surface area contributed by atoms with Crippen molar-refractivity contribution in [1.82, 2.24) is 10.6 Å². The number of hydrogen-bond donors (Lipinski definition) is 8. The molecule has 0 aromatic heterocycles. The van der Waals surface area contributed by atoms with E-state index >= 15 is 0 Å². The molecule has 2 saturated carbocycles. The maximum absolute atomic E-state index is 13.3. The number of ether oxygens (including phenoxy) is 4. The largest absolute Gasteiger partial charge is 0.504 e. The van der Waals surface area contributed by atoms with Crippen LogP contribution in [0.2, 0.25) is 0 Å². The molecular weight excluding hydrogens is 929 g/mol. The number of aromatic hydroxyl groups is 1. The molecule has 7 aliphatic rings. The van der Waals surface area contributed by atoms with Crippen LogP contribution in [0.15, 0.2) is 23.2 Å². The van der Waals surface area contributed by atoms with E-state index in [1.807, 2.05) is 0 Å². The second-order valence-electron chi connectivity index (χ2n) is 20.9. The number of aliphatic hydroxyl groups is 4. The first-order chi connectivity index (χ1) is 33.8. The normalized spacial score (nSPS) is 29.7. The standard InChI is InChI=1S/C54H74N4O10S2/c1-33(2)46-29-70-69-28-44-43-26-42-35-12-16-39(62)25-38(61)15-11-34-13-18-47(63)49(67-32-60)41(34)9-6-8-36(24-35)48(50(42)68-51(43)64)66-31-56-54(22-7-10-45(44)57-52(55)58-46)30-53(20-4-5-21-53)23-19-37(54)14-17-40(27-59)65-3/h13,18,24,33,37,39-40,43-46,51,56,59-60,62-64H,4-5,8,11-12,14-17,19-23,25-32H2,1-3H3,(H3,55,57,58)/t37-,39+,40-,43+,44-,45+,46-,51-,54-/m0/s1. The number of guanidine groups is 1. The summed E-state index contributed by atoms with van der Waals surface area (Å²) in [4.78, 5) is 18.3. The van der Waals surface area contributed by atoms with Crippen LogP contribution in [0.4, 0.5) is 0 Å². The van der Waals surface area contributed by atoms with Gasteiger partial charge in [0, 0.05) is 72.8 Å². The smallest absolute Gasteiger partial charge is 0.201 e. The molecule has 3 aliphatic carbocycles. The summed E-state index contributed by atoms with van der Waals surface area (Å²) in [6.07, 6.45) is 9.23. The Labute approximate surface area is 421 Å². The third-order valence-corrected chi connectivity index (χ3v) is 18.6. The number of nitrogens with one attached hydrogen (secondary N) is 2. The van der Waals surface area contributed by atoms with Gasteiger partial charge in [0.1, 0.15) is 12.5 Å². The van der Waals surface area contributed by atoms with Gasteiger partial charge >= 0.3 is 0 Å². The topological polar surface area (TPSA) is 218 Å². The molecule has 9 atom stereocenters. The molecule has 9 N–H and O–H groups in total. The van der Waals surface area contributed by atoms with Crippen molar-refractivity contribution >= 4 is 33.3 Å². The van der Waals surface area contributed by atoms with Gasteiger partial charge in [0.15, 0.2) is 35.8 Å². The number of phenolic OH excluding ortho intramolecular Hbond substituents is 1. The van der Waals surface area contributed by atoms with E-state index in [0.717, 1.165) is 42.6 Å². The van der Waals surface area contributed by atoms with E-state index in [9.17, 15) is 30.3 Å². The molecule has 2 aromatic carbocycles. The number of benzene rings is 2. The predicted molar refractivity (Wildman–Crippen MR) is 274 cm³/mol. The number of aryl methyl sites for hydroxylation is 2. The number of phenols is 1. The number of methoxy groups -OCH3 is 1. The number of fused-ring (bicyclic) bond motifs is 7. The van der Waals surface area contributed by atoms with E-state index in [0.29, 0.717) is 78.4 Å². The Balaban J connectivity index is 1.28. The molecule has 6 bridgehead atoms. The van der Waals surface area contributed by atoms with Crippen LogP contribution in [-0.2, 0) is 35.2 Å². The zero-order chi connectivity index (χ0) is 49.4. The summed E-state index contributed by atoms with van der Waals surface area (Å²) in [5.74, 6) is 16.1. The number of aliphatic hydroxyl groups excluding tert-OH is 4. The maximum Gasteiger partial charge on any atom is 0.201 e. The van der Waals surface area contributed by atoms with Crippen LogP contribution in [0.3, 0.4) is 0 Å². The molecule has 2 fully saturated rings. The van der Waals surface area contributed by atoms with Gasteiger partial charge in [-0.3, -0.25) is 10.1 Å². The minimum Gasteiger partial charge on any atom is -0.504 e. The zero-order valence-corrected chi connectivity index (χ0v) is 42.7. The van der Waals surface area contributed by atoms with Crippen molar-refractivity contribution in [1.29, 1.82) is 0 Å². The lowest BCUT2D eigenvalue weighted by Crippen LogP contribution is -2.58. The third-order valence-electron chi connectivity index (χ3n) is 16.1. The molecule has 70 heavy (non-hydrogen) atoms. The monoisotopic (exact) mass is 1000 g/mol. The van der Waals surface area contributed by atoms with Crippen LogP contribution in [-0.4, -0.2) is 112 Å². The van der Waals surface area contributed by atoms with Gasteiger partial charge in [0.2, 0.25) is 6.29 Å². The third kappa shape index (κ3) is 12.1. The summed E-state index contributed by atoms with van der Waals surface area (Å²) in [6, 6.07) is 4.77. The van der Waals surface area contributed by atoms with Crippen LogP contribution < -0.4 is 30.6 Å². The molecule has 382 valence electrons. The van der Waals surface area contributed by atoms with Gasteiger partial charge in [-0.1, -0.05) is 84.1 Å². The van der Waals surface area contributed by atoms with E-state index in [1.165, 1.54) is 31.7 Å². The Morgan fingerprint density at radius 3 is 2.57 bits per heavy atom. The molecule has 0 saturated heterocycles. The van der Waals surface area contributed by atoms with Crippen molar-refractivity contribution in [3.63, 3.8) is 0 Å². The molecule has 9 rings (SSSR count). The van der Waals surface area contributed by atoms with Crippen molar-refractivity contribution in [2.45, 2.75) is 159 Å². The molecule has 2 spiro atoms. The minimum atomic E-state index is -1.24. The number of hydrogen-bond acceptors (Lipinski definition) is 16. The Morgan fingerprint density at radius 2 is 1.80 bits per heavy atom. The lowest BCUT2D eigenvalue weighted by atomic mass is 9.58. The van der Waals surface area contributed by atoms with Gasteiger partial charge < -0.3 is 55.5 Å². The Kier molecular flexibility index (Phi) is 17.8. The predicted octanol–water partition coefficient (Wildman–Crippen LogP) is 5.91. The Hall–Kier alpha value is -3.84. The number of nitrogens with two attached hydrogens (primary N) is 1. The molecule has 16 heteroatoms. The molecule has 0 unspecified atom stereocenters. The van der Waals surface area contributed by atoms with Gasteiger partial charge in [-0.05, 0) is 105 Å². The Bertz CT molecular complexity index is 2310.